The molecule has 2 N–H and O–H groups in total. The van der Waals surface area contributed by atoms with Crippen molar-refractivity contribution in [2.45, 2.75) is 17.5 Å². The third-order valence-electron chi connectivity index (χ3n) is 2.32. The van der Waals surface area contributed by atoms with Crippen LogP contribution in [0.1, 0.15) is 11.1 Å². The summed E-state index contributed by atoms with van der Waals surface area (Å²) in [7, 11) is 1.75. The molecular weight excluding hydrogens is 241 g/mol. The van der Waals surface area contributed by atoms with Crippen molar-refractivity contribution in [3.8, 4) is 0 Å². The predicted octanol–water partition coefficient (Wildman–Crippen LogP) is 1.10. The maximum absolute atomic E-state index is 13.9. The zero-order valence-electron chi connectivity index (χ0n) is 9.30. The van der Waals surface area contributed by atoms with E-state index in [1.165, 1.54) is 11.8 Å². The second-order valence-corrected chi connectivity index (χ2v) is 4.41. The average Bonchev–Trinajstić information content (AvgIpc) is 2.74. The molecule has 1 aromatic carbocycles. The number of aryl methyl sites for hydroxylation is 1. The van der Waals surface area contributed by atoms with E-state index in [2.05, 4.69) is 15.5 Å². The number of benzene rings is 1. The van der Waals surface area contributed by atoms with Crippen molar-refractivity contribution in [1.82, 2.24) is 20.2 Å². The fourth-order valence-electron chi connectivity index (χ4n) is 1.39. The van der Waals surface area contributed by atoms with Crippen molar-refractivity contribution < 1.29 is 4.39 Å². The summed E-state index contributed by atoms with van der Waals surface area (Å²) in [4.78, 5) is 0. The van der Waals surface area contributed by atoms with Gasteiger partial charge in [-0.25, -0.2) is 9.07 Å². The molecule has 17 heavy (non-hydrogen) atoms. The highest BCUT2D eigenvalue weighted by molar-refractivity contribution is 7.98. The van der Waals surface area contributed by atoms with Crippen LogP contribution in [0.2, 0.25) is 0 Å². The molecule has 0 aliphatic carbocycles. The zero-order chi connectivity index (χ0) is 12.3. The number of aromatic nitrogens is 4. The van der Waals surface area contributed by atoms with Gasteiger partial charge in [0.15, 0.2) is 0 Å². The molecule has 0 bridgehead atoms. The number of rotatable bonds is 4. The first-order valence-electron chi connectivity index (χ1n) is 5.04. The molecule has 0 amide bonds. The zero-order valence-corrected chi connectivity index (χ0v) is 10.1. The molecule has 0 saturated carbocycles. The van der Waals surface area contributed by atoms with Gasteiger partial charge in [0.05, 0.1) is 0 Å². The summed E-state index contributed by atoms with van der Waals surface area (Å²) < 4.78 is 15.4. The molecule has 90 valence electrons. The van der Waals surface area contributed by atoms with E-state index in [1.807, 2.05) is 0 Å². The van der Waals surface area contributed by atoms with Crippen LogP contribution in [-0.4, -0.2) is 20.2 Å². The molecule has 1 heterocycles. The molecule has 1 aromatic heterocycles. The second kappa shape index (κ2) is 5.24. The smallest absolute Gasteiger partial charge is 0.209 e. The Balaban J connectivity index is 2.12. The predicted molar refractivity (Wildman–Crippen MR) is 62.7 cm³/mol. The number of hydrogen-bond donors (Lipinski definition) is 1. The van der Waals surface area contributed by atoms with Crippen LogP contribution in [0.5, 0.6) is 0 Å². The van der Waals surface area contributed by atoms with Crippen LogP contribution in [0.15, 0.2) is 23.4 Å². The van der Waals surface area contributed by atoms with Crippen molar-refractivity contribution in [3.63, 3.8) is 0 Å². The van der Waals surface area contributed by atoms with Gasteiger partial charge in [-0.2, -0.15) is 0 Å². The summed E-state index contributed by atoms with van der Waals surface area (Å²) in [6.07, 6.45) is 0. The highest BCUT2D eigenvalue weighted by Gasteiger charge is 2.09. The first kappa shape index (κ1) is 12.0. The molecule has 5 nitrogen and oxygen atoms in total. The lowest BCUT2D eigenvalue weighted by Crippen LogP contribution is -2.02. The molecule has 2 rings (SSSR count). The SMILES string of the molecule is Cn1nnnc1SCc1cccc(CN)c1F. The topological polar surface area (TPSA) is 69.6 Å². The van der Waals surface area contributed by atoms with Crippen LogP contribution < -0.4 is 5.73 Å². The van der Waals surface area contributed by atoms with E-state index in [1.54, 1.807) is 29.9 Å². The lowest BCUT2D eigenvalue weighted by atomic mass is 10.1. The van der Waals surface area contributed by atoms with E-state index in [9.17, 15) is 4.39 Å². The highest BCUT2D eigenvalue weighted by atomic mass is 32.2. The van der Waals surface area contributed by atoms with Gasteiger partial charge >= 0.3 is 0 Å². The van der Waals surface area contributed by atoms with E-state index in [0.29, 0.717) is 22.0 Å². The van der Waals surface area contributed by atoms with Gasteiger partial charge in [0.25, 0.3) is 0 Å². The normalized spacial score (nSPS) is 10.8. The van der Waals surface area contributed by atoms with Gasteiger partial charge in [-0.3, -0.25) is 0 Å². The van der Waals surface area contributed by atoms with Crippen LogP contribution in [0, 0.1) is 5.82 Å². The number of tetrazole rings is 1. The van der Waals surface area contributed by atoms with Crippen molar-refractivity contribution in [2.24, 2.45) is 12.8 Å². The van der Waals surface area contributed by atoms with Crippen LogP contribution in [0.3, 0.4) is 0 Å². The van der Waals surface area contributed by atoms with Crippen LogP contribution in [0.4, 0.5) is 4.39 Å². The Hall–Kier alpha value is -1.47. The number of halogens is 1. The minimum Gasteiger partial charge on any atom is -0.326 e. The van der Waals surface area contributed by atoms with E-state index >= 15 is 0 Å². The summed E-state index contributed by atoms with van der Waals surface area (Å²) >= 11 is 1.39. The minimum absolute atomic E-state index is 0.204. The van der Waals surface area contributed by atoms with E-state index in [4.69, 9.17) is 5.73 Å². The number of thioether (sulfide) groups is 1. The average molecular weight is 253 g/mol. The molecule has 7 heteroatoms. The summed E-state index contributed by atoms with van der Waals surface area (Å²) in [6.45, 7) is 0.204. The fourth-order valence-corrected chi connectivity index (χ4v) is 2.21. The molecule has 0 radical (unpaired) electrons. The molecule has 0 aliphatic heterocycles. The summed E-state index contributed by atoms with van der Waals surface area (Å²) in [5.41, 5.74) is 6.59. The Labute approximate surface area is 102 Å². The van der Waals surface area contributed by atoms with Gasteiger partial charge in [0, 0.05) is 24.9 Å². The molecule has 0 aliphatic rings. The molecule has 0 spiro atoms. The lowest BCUT2D eigenvalue weighted by molar-refractivity contribution is 0.600. The first-order valence-corrected chi connectivity index (χ1v) is 6.02. The van der Waals surface area contributed by atoms with Crippen LogP contribution in [0.25, 0.3) is 0 Å². The van der Waals surface area contributed by atoms with Crippen molar-refractivity contribution >= 4 is 11.8 Å². The summed E-state index contributed by atoms with van der Waals surface area (Å²) in [5.74, 6) is 0.242. The van der Waals surface area contributed by atoms with Crippen molar-refractivity contribution in [2.75, 3.05) is 0 Å². The van der Waals surface area contributed by atoms with Gasteiger partial charge in [-0.1, -0.05) is 30.0 Å². The summed E-state index contributed by atoms with van der Waals surface area (Å²) in [5, 5.41) is 11.7. The molecule has 0 fully saturated rings. The van der Waals surface area contributed by atoms with Crippen molar-refractivity contribution in [1.29, 1.82) is 0 Å². The monoisotopic (exact) mass is 253 g/mol. The van der Waals surface area contributed by atoms with E-state index < -0.39 is 0 Å². The Bertz CT molecular complexity index is 513. The number of hydrogen-bond acceptors (Lipinski definition) is 5. The largest absolute Gasteiger partial charge is 0.326 e. The Morgan fingerprint density at radius 3 is 2.82 bits per heavy atom. The van der Waals surface area contributed by atoms with E-state index in [0.717, 1.165) is 0 Å². The standard InChI is InChI=1S/C10H12FN5S/c1-16-10(13-14-15-16)17-6-8-4-2-3-7(5-12)9(8)11/h2-4H,5-6,12H2,1H3. The quantitative estimate of drug-likeness (QED) is 0.826. The maximum atomic E-state index is 13.9. The van der Waals surface area contributed by atoms with Gasteiger partial charge in [-0.05, 0) is 16.0 Å². The number of nitrogens with zero attached hydrogens (tertiary/aromatic N) is 4. The van der Waals surface area contributed by atoms with Gasteiger partial charge in [0.1, 0.15) is 5.82 Å². The molecule has 2 aromatic rings. The third-order valence-corrected chi connectivity index (χ3v) is 3.38. The molecule has 0 atom stereocenters. The van der Waals surface area contributed by atoms with E-state index in [-0.39, 0.29) is 12.4 Å². The number of nitrogens with two attached hydrogens (primary N) is 1. The summed E-state index contributed by atoms with van der Waals surface area (Å²) in [6, 6.07) is 5.23. The Morgan fingerprint density at radius 2 is 2.18 bits per heavy atom. The second-order valence-electron chi connectivity index (χ2n) is 3.47. The Morgan fingerprint density at radius 1 is 1.41 bits per heavy atom. The molecule has 0 unspecified atom stereocenters. The highest BCUT2D eigenvalue weighted by Crippen LogP contribution is 2.22. The Kier molecular flexibility index (Phi) is 3.70. The van der Waals surface area contributed by atoms with Gasteiger partial charge < -0.3 is 5.73 Å². The first-order chi connectivity index (χ1) is 8.22. The lowest BCUT2D eigenvalue weighted by Gasteiger charge is -2.05. The van der Waals surface area contributed by atoms with Crippen LogP contribution >= 0.6 is 11.8 Å². The minimum atomic E-state index is -0.238. The maximum Gasteiger partial charge on any atom is 0.209 e. The molecule has 0 saturated heterocycles. The van der Waals surface area contributed by atoms with Gasteiger partial charge in [0.2, 0.25) is 5.16 Å². The third kappa shape index (κ3) is 2.62. The fraction of sp³-hybridized carbons (Fsp3) is 0.300. The van der Waals surface area contributed by atoms with Gasteiger partial charge in [-0.15, -0.1) is 5.10 Å². The van der Waals surface area contributed by atoms with Crippen molar-refractivity contribution in [3.05, 3.63) is 35.1 Å². The van der Waals surface area contributed by atoms with Crippen LogP contribution in [-0.2, 0) is 19.3 Å². The molecular formula is C10H12FN5S.